The average molecular weight is 293 g/mol. The number of aromatic amines is 1. The van der Waals surface area contributed by atoms with E-state index in [-0.39, 0.29) is 6.61 Å². The van der Waals surface area contributed by atoms with Gasteiger partial charge < -0.3 is 9.72 Å². The Morgan fingerprint density at radius 2 is 1.86 bits per heavy atom. The zero-order valence-corrected chi connectivity index (χ0v) is 11.8. The summed E-state index contributed by atoms with van der Waals surface area (Å²) < 4.78 is 5.17. The van der Waals surface area contributed by atoms with Crippen molar-refractivity contribution in [2.45, 2.75) is 6.61 Å². The van der Waals surface area contributed by atoms with E-state index in [1.54, 1.807) is 12.4 Å². The van der Waals surface area contributed by atoms with Crippen molar-refractivity contribution >= 4 is 11.8 Å². The largest absolute Gasteiger partial charge is 0.444 e. The molecule has 5 nitrogen and oxygen atoms in total. The first-order chi connectivity index (χ1) is 10.8. The molecule has 3 rings (SSSR count). The first-order valence-corrected chi connectivity index (χ1v) is 6.89. The van der Waals surface area contributed by atoms with E-state index in [1.165, 1.54) is 0 Å². The summed E-state index contributed by atoms with van der Waals surface area (Å²) in [5.41, 5.74) is 2.58. The normalized spacial score (nSPS) is 10.2. The highest BCUT2D eigenvalue weighted by molar-refractivity contribution is 5.84. The van der Waals surface area contributed by atoms with E-state index in [2.05, 4.69) is 15.3 Å². The van der Waals surface area contributed by atoms with Crippen LogP contribution in [0.5, 0.6) is 0 Å². The van der Waals surface area contributed by atoms with Crippen molar-refractivity contribution in [3.8, 4) is 11.4 Å². The summed E-state index contributed by atoms with van der Waals surface area (Å²) in [6.07, 6.45) is 2.99. The molecule has 1 aromatic heterocycles. The van der Waals surface area contributed by atoms with E-state index in [4.69, 9.17) is 4.74 Å². The fraction of sp³-hybridized carbons (Fsp3) is 0.0588. The van der Waals surface area contributed by atoms with Crippen molar-refractivity contribution in [2.75, 3.05) is 5.32 Å². The van der Waals surface area contributed by atoms with Gasteiger partial charge in [0, 0.05) is 23.6 Å². The van der Waals surface area contributed by atoms with Crippen molar-refractivity contribution in [2.24, 2.45) is 0 Å². The summed E-state index contributed by atoms with van der Waals surface area (Å²) in [7, 11) is 0. The van der Waals surface area contributed by atoms with Crippen LogP contribution in [0.25, 0.3) is 11.4 Å². The van der Waals surface area contributed by atoms with E-state index >= 15 is 0 Å². The molecule has 0 fully saturated rings. The molecule has 2 aromatic carbocycles. The minimum Gasteiger partial charge on any atom is -0.444 e. The molecule has 5 heteroatoms. The van der Waals surface area contributed by atoms with Gasteiger partial charge >= 0.3 is 6.09 Å². The number of hydrogen-bond donors (Lipinski definition) is 2. The van der Waals surface area contributed by atoms with Gasteiger partial charge in [-0.25, -0.2) is 9.78 Å². The molecule has 110 valence electrons. The fourth-order valence-corrected chi connectivity index (χ4v) is 2.01. The van der Waals surface area contributed by atoms with Crippen molar-refractivity contribution < 1.29 is 9.53 Å². The van der Waals surface area contributed by atoms with Gasteiger partial charge in [0.25, 0.3) is 0 Å². The van der Waals surface area contributed by atoms with Crippen molar-refractivity contribution in [3.05, 3.63) is 72.6 Å². The topological polar surface area (TPSA) is 67.0 Å². The standard InChI is InChI=1S/C17H15N3O2/c21-17(22-12-13-4-2-1-3-5-13)20-15-8-6-14(7-9-15)16-18-10-11-19-16/h1-11H,12H2,(H,18,19)(H,20,21). The lowest BCUT2D eigenvalue weighted by atomic mass is 10.2. The fourth-order valence-electron chi connectivity index (χ4n) is 2.01. The van der Waals surface area contributed by atoms with E-state index < -0.39 is 6.09 Å². The summed E-state index contributed by atoms with van der Waals surface area (Å²) >= 11 is 0. The predicted molar refractivity (Wildman–Crippen MR) is 84.3 cm³/mol. The maximum atomic E-state index is 11.7. The molecule has 0 saturated heterocycles. The molecule has 1 heterocycles. The molecule has 0 radical (unpaired) electrons. The van der Waals surface area contributed by atoms with Crippen LogP contribution < -0.4 is 5.32 Å². The molecule has 0 spiro atoms. The van der Waals surface area contributed by atoms with E-state index in [0.717, 1.165) is 17.0 Å². The zero-order valence-electron chi connectivity index (χ0n) is 11.8. The van der Waals surface area contributed by atoms with Gasteiger partial charge in [-0.3, -0.25) is 5.32 Å². The van der Waals surface area contributed by atoms with Crippen LogP contribution in [0.2, 0.25) is 0 Å². The van der Waals surface area contributed by atoms with Crippen LogP contribution in [0.15, 0.2) is 67.0 Å². The number of ether oxygens (including phenoxy) is 1. The molecule has 0 aliphatic carbocycles. The van der Waals surface area contributed by atoms with E-state index in [0.29, 0.717) is 5.69 Å². The van der Waals surface area contributed by atoms with Gasteiger partial charge in [0.2, 0.25) is 0 Å². The number of nitrogens with zero attached hydrogens (tertiary/aromatic N) is 1. The van der Waals surface area contributed by atoms with E-state index in [1.807, 2.05) is 54.6 Å². The number of benzene rings is 2. The number of amides is 1. The molecule has 0 unspecified atom stereocenters. The summed E-state index contributed by atoms with van der Waals surface area (Å²) in [5, 5.41) is 2.69. The van der Waals surface area contributed by atoms with Gasteiger partial charge in [-0.05, 0) is 29.8 Å². The lowest BCUT2D eigenvalue weighted by molar-refractivity contribution is 0.155. The molecule has 2 N–H and O–H groups in total. The van der Waals surface area contributed by atoms with Crippen LogP contribution in [-0.4, -0.2) is 16.1 Å². The van der Waals surface area contributed by atoms with Crippen LogP contribution in [0.4, 0.5) is 10.5 Å². The van der Waals surface area contributed by atoms with E-state index in [9.17, 15) is 4.79 Å². The number of carbonyl (C=O) groups excluding carboxylic acids is 1. The minimum atomic E-state index is -0.477. The molecular weight excluding hydrogens is 278 g/mol. The molecule has 0 aliphatic heterocycles. The third-order valence-electron chi connectivity index (χ3n) is 3.12. The Balaban J connectivity index is 1.55. The van der Waals surface area contributed by atoms with Crippen LogP contribution in [0.1, 0.15) is 5.56 Å². The summed E-state index contributed by atoms with van der Waals surface area (Å²) in [6, 6.07) is 16.9. The molecule has 1 amide bonds. The van der Waals surface area contributed by atoms with Crippen molar-refractivity contribution in [3.63, 3.8) is 0 Å². The Hall–Kier alpha value is -3.08. The number of anilines is 1. The maximum absolute atomic E-state index is 11.7. The van der Waals surface area contributed by atoms with Crippen LogP contribution in [-0.2, 0) is 11.3 Å². The monoisotopic (exact) mass is 293 g/mol. The van der Waals surface area contributed by atoms with Gasteiger partial charge in [-0.2, -0.15) is 0 Å². The van der Waals surface area contributed by atoms with Gasteiger partial charge in [-0.1, -0.05) is 30.3 Å². The second-order valence-corrected chi connectivity index (χ2v) is 4.70. The SMILES string of the molecule is O=C(Nc1ccc(-c2ncc[nH]2)cc1)OCc1ccccc1. The Morgan fingerprint density at radius 3 is 2.55 bits per heavy atom. The summed E-state index contributed by atoms with van der Waals surface area (Å²) in [5.74, 6) is 0.790. The highest BCUT2D eigenvalue weighted by atomic mass is 16.5. The predicted octanol–water partition coefficient (Wildman–Crippen LogP) is 3.83. The lowest BCUT2D eigenvalue weighted by Gasteiger charge is -2.07. The number of nitrogens with one attached hydrogen (secondary N) is 2. The molecule has 0 aliphatic rings. The lowest BCUT2D eigenvalue weighted by Crippen LogP contribution is -2.13. The number of H-pyrrole nitrogens is 1. The number of aromatic nitrogens is 2. The molecule has 22 heavy (non-hydrogen) atoms. The number of hydrogen-bond acceptors (Lipinski definition) is 3. The zero-order chi connectivity index (χ0) is 15.2. The highest BCUT2D eigenvalue weighted by Crippen LogP contribution is 2.17. The maximum Gasteiger partial charge on any atom is 0.411 e. The third-order valence-corrected chi connectivity index (χ3v) is 3.12. The first-order valence-electron chi connectivity index (χ1n) is 6.89. The Bertz CT molecular complexity index is 722. The number of imidazole rings is 1. The van der Waals surface area contributed by atoms with Crippen LogP contribution in [0, 0.1) is 0 Å². The van der Waals surface area contributed by atoms with Gasteiger partial charge in [0.05, 0.1) is 0 Å². The molecule has 0 atom stereocenters. The van der Waals surface area contributed by atoms with Gasteiger partial charge in [-0.15, -0.1) is 0 Å². The van der Waals surface area contributed by atoms with Gasteiger partial charge in [0.15, 0.2) is 0 Å². The second-order valence-electron chi connectivity index (χ2n) is 4.70. The summed E-state index contributed by atoms with van der Waals surface area (Å²) in [6.45, 7) is 0.247. The second kappa shape index (κ2) is 6.58. The molecule has 3 aromatic rings. The first kappa shape index (κ1) is 13.9. The molecular formula is C17H15N3O2. The molecule has 0 saturated carbocycles. The minimum absolute atomic E-state index is 0.247. The Labute approximate surface area is 128 Å². The van der Waals surface area contributed by atoms with Gasteiger partial charge in [0.1, 0.15) is 12.4 Å². The van der Waals surface area contributed by atoms with Crippen molar-refractivity contribution in [1.29, 1.82) is 0 Å². The van der Waals surface area contributed by atoms with Crippen molar-refractivity contribution in [1.82, 2.24) is 9.97 Å². The number of rotatable bonds is 4. The Kier molecular flexibility index (Phi) is 4.15. The van der Waals surface area contributed by atoms with Crippen LogP contribution >= 0.6 is 0 Å². The highest BCUT2D eigenvalue weighted by Gasteiger charge is 2.05. The smallest absolute Gasteiger partial charge is 0.411 e. The average Bonchev–Trinajstić information content (AvgIpc) is 3.09. The quantitative estimate of drug-likeness (QED) is 0.768. The third kappa shape index (κ3) is 3.52. The Morgan fingerprint density at radius 1 is 1.09 bits per heavy atom. The molecule has 0 bridgehead atoms. The number of carbonyl (C=O) groups is 1. The summed E-state index contributed by atoms with van der Waals surface area (Å²) in [4.78, 5) is 18.9. The van der Waals surface area contributed by atoms with Crippen LogP contribution in [0.3, 0.4) is 0 Å².